The summed E-state index contributed by atoms with van der Waals surface area (Å²) in [5, 5.41) is 11.7. The zero-order valence-electron chi connectivity index (χ0n) is 9.92. The minimum atomic E-state index is -4.90. The lowest BCUT2D eigenvalue weighted by Gasteiger charge is -2.12. The largest absolute Gasteiger partial charge is 0.480 e. The van der Waals surface area contributed by atoms with Gasteiger partial charge in [-0.3, -0.25) is 9.48 Å². The number of aromatic nitrogens is 2. The van der Waals surface area contributed by atoms with E-state index >= 15 is 0 Å². The van der Waals surface area contributed by atoms with Gasteiger partial charge in [-0.05, 0) is 6.92 Å². The Morgan fingerprint density at radius 2 is 2.05 bits per heavy atom. The second kappa shape index (κ2) is 3.39. The van der Waals surface area contributed by atoms with Gasteiger partial charge in [0.25, 0.3) is 0 Å². The van der Waals surface area contributed by atoms with Crippen LogP contribution in [0.2, 0.25) is 0 Å². The number of carboxylic acids is 1. The van der Waals surface area contributed by atoms with E-state index in [9.17, 15) is 26.7 Å². The van der Waals surface area contributed by atoms with E-state index < -0.39 is 47.5 Å². The maximum absolute atomic E-state index is 14.1. The van der Waals surface area contributed by atoms with Crippen molar-refractivity contribution in [1.29, 1.82) is 0 Å². The molecule has 0 fully saturated rings. The summed E-state index contributed by atoms with van der Waals surface area (Å²) >= 11 is 0. The predicted octanol–water partition coefficient (Wildman–Crippen LogP) is 2.51. The minimum absolute atomic E-state index is 0.197. The monoisotopic (exact) mass is 294 g/mol. The third-order valence-corrected chi connectivity index (χ3v) is 3.53. The Bertz CT molecular complexity index is 671. The van der Waals surface area contributed by atoms with E-state index in [4.69, 9.17) is 5.11 Å². The van der Waals surface area contributed by atoms with Crippen LogP contribution in [-0.4, -0.2) is 20.9 Å². The Hall–Kier alpha value is -1.93. The Morgan fingerprint density at radius 1 is 1.45 bits per heavy atom. The molecule has 1 heterocycles. The first-order valence-electron chi connectivity index (χ1n) is 5.56. The third-order valence-electron chi connectivity index (χ3n) is 3.53. The van der Waals surface area contributed by atoms with Gasteiger partial charge < -0.3 is 5.11 Å². The number of allylic oxidation sites excluding steroid dienone is 2. The minimum Gasteiger partial charge on any atom is -0.480 e. The smallest absolute Gasteiger partial charge is 0.435 e. The first kappa shape index (κ1) is 13.1. The third kappa shape index (κ3) is 1.46. The molecule has 1 aromatic heterocycles. The molecule has 0 spiro atoms. The van der Waals surface area contributed by atoms with Gasteiger partial charge in [0, 0.05) is 17.1 Å². The highest BCUT2D eigenvalue weighted by atomic mass is 19.4. The molecule has 0 amide bonds. The van der Waals surface area contributed by atoms with Crippen molar-refractivity contribution in [2.45, 2.75) is 31.5 Å². The van der Waals surface area contributed by atoms with Crippen molar-refractivity contribution in [3.8, 4) is 0 Å². The number of halogens is 5. The van der Waals surface area contributed by atoms with Crippen molar-refractivity contribution in [2.75, 3.05) is 0 Å². The maximum atomic E-state index is 14.1. The van der Waals surface area contributed by atoms with Gasteiger partial charge in [0.2, 0.25) is 0 Å². The van der Waals surface area contributed by atoms with E-state index in [1.165, 1.54) is 6.92 Å². The van der Waals surface area contributed by atoms with Gasteiger partial charge in [-0.15, -0.1) is 0 Å². The van der Waals surface area contributed by atoms with Crippen molar-refractivity contribution >= 4 is 5.97 Å². The van der Waals surface area contributed by atoms with Gasteiger partial charge in [-0.25, -0.2) is 0 Å². The van der Waals surface area contributed by atoms with Crippen LogP contribution in [0.1, 0.15) is 29.8 Å². The summed E-state index contributed by atoms with van der Waals surface area (Å²) in [6, 6.07) is 0. The van der Waals surface area contributed by atoms with Crippen LogP contribution in [0.4, 0.5) is 22.0 Å². The van der Waals surface area contributed by atoms with Crippen LogP contribution in [0.3, 0.4) is 0 Å². The van der Waals surface area contributed by atoms with Crippen LogP contribution < -0.4 is 0 Å². The van der Waals surface area contributed by atoms with E-state index in [0.717, 1.165) is 0 Å². The molecule has 0 radical (unpaired) electrons. The summed E-state index contributed by atoms with van der Waals surface area (Å²) in [7, 11) is 0. The zero-order valence-corrected chi connectivity index (χ0v) is 9.92. The Balaban J connectivity index is 2.23. The predicted molar refractivity (Wildman–Crippen MR) is 54.2 cm³/mol. The molecule has 0 aliphatic heterocycles. The van der Waals surface area contributed by atoms with Crippen molar-refractivity contribution in [2.24, 2.45) is 0 Å². The molecule has 2 aliphatic carbocycles. The highest BCUT2D eigenvalue weighted by Gasteiger charge is 2.65. The highest BCUT2D eigenvalue weighted by molar-refractivity contribution is 5.70. The quantitative estimate of drug-likeness (QED) is 0.673. The number of hydrogen-bond acceptors (Lipinski definition) is 2. The van der Waals surface area contributed by atoms with Crippen LogP contribution in [0.5, 0.6) is 0 Å². The number of aliphatic carboxylic acids is 1. The lowest BCUT2D eigenvalue weighted by Crippen LogP contribution is -2.20. The fraction of sp³-hybridized carbons (Fsp3) is 0.455. The molecule has 0 saturated heterocycles. The van der Waals surface area contributed by atoms with Gasteiger partial charge in [0.1, 0.15) is 12.2 Å². The van der Waals surface area contributed by atoms with E-state index in [2.05, 4.69) is 5.10 Å². The summed E-state index contributed by atoms with van der Waals surface area (Å²) in [5.41, 5.74) is -3.14. The summed E-state index contributed by atoms with van der Waals surface area (Å²) in [5.74, 6) is -6.18. The number of carbonyl (C=O) groups is 1. The molecular formula is C11H7F5N2O2. The van der Waals surface area contributed by atoms with Crippen LogP contribution in [0, 0.1) is 0 Å². The summed E-state index contributed by atoms with van der Waals surface area (Å²) < 4.78 is 67.0. The molecule has 4 nitrogen and oxygen atoms in total. The number of fused-ring (bicyclic) bond motifs is 3. The summed E-state index contributed by atoms with van der Waals surface area (Å²) in [4.78, 5) is 10.6. The molecule has 0 bridgehead atoms. The van der Waals surface area contributed by atoms with Gasteiger partial charge in [0.15, 0.2) is 5.69 Å². The van der Waals surface area contributed by atoms with Crippen LogP contribution in [-0.2, 0) is 23.4 Å². The zero-order chi connectivity index (χ0) is 15.0. The fourth-order valence-electron chi connectivity index (χ4n) is 2.78. The van der Waals surface area contributed by atoms with Crippen molar-refractivity contribution in [1.82, 2.24) is 9.78 Å². The van der Waals surface area contributed by atoms with Gasteiger partial charge in [-0.2, -0.15) is 27.1 Å². The molecule has 0 unspecified atom stereocenters. The van der Waals surface area contributed by atoms with Crippen molar-refractivity contribution in [3.63, 3.8) is 0 Å². The second-order valence-electron chi connectivity index (χ2n) is 4.76. The molecule has 0 aromatic carbocycles. The molecule has 2 aliphatic rings. The Labute approximate surface area is 108 Å². The van der Waals surface area contributed by atoms with E-state index in [1.54, 1.807) is 0 Å². The Kier molecular flexibility index (Phi) is 2.21. The molecule has 1 N–H and O–H groups in total. The average molecular weight is 294 g/mol. The van der Waals surface area contributed by atoms with Gasteiger partial charge in [0.05, 0.1) is 0 Å². The first-order chi connectivity index (χ1) is 9.06. The maximum Gasteiger partial charge on any atom is 0.435 e. The van der Waals surface area contributed by atoms with Crippen LogP contribution in [0.15, 0.2) is 11.1 Å². The van der Waals surface area contributed by atoms with E-state index in [1.807, 2.05) is 0 Å². The number of rotatable bonds is 2. The topological polar surface area (TPSA) is 55.1 Å². The lowest BCUT2D eigenvalue weighted by molar-refractivity contribution is -0.143. The second-order valence-corrected chi connectivity index (χ2v) is 4.76. The highest BCUT2D eigenvalue weighted by Crippen LogP contribution is 2.67. The molecule has 1 aromatic rings. The average Bonchev–Trinajstić information content (AvgIpc) is 2.66. The molecule has 1 atom stereocenters. The molecule has 20 heavy (non-hydrogen) atoms. The molecular weight excluding hydrogens is 287 g/mol. The lowest BCUT2D eigenvalue weighted by atomic mass is 10.1. The van der Waals surface area contributed by atoms with Gasteiger partial charge in [-0.1, -0.05) is 5.57 Å². The first-order valence-corrected chi connectivity index (χ1v) is 5.56. The van der Waals surface area contributed by atoms with Crippen molar-refractivity contribution in [3.05, 3.63) is 28.1 Å². The molecule has 108 valence electrons. The standard InChI is InChI=1S/C11H7F5N2O2/c1-3-5-6-8(11(14,15)16)17-18(2-4(19)20)9(6)10(12,13)7(3)5/h5H,2H2,1H3,(H,19,20)/t5-/m1/s1. The molecule has 3 rings (SSSR count). The number of alkyl halides is 5. The number of nitrogens with zero attached hydrogens (tertiary/aromatic N) is 2. The normalized spacial score (nSPS) is 22.8. The Morgan fingerprint density at radius 3 is 2.55 bits per heavy atom. The van der Waals surface area contributed by atoms with E-state index in [-0.39, 0.29) is 15.8 Å². The van der Waals surface area contributed by atoms with Gasteiger partial charge >= 0.3 is 18.1 Å². The van der Waals surface area contributed by atoms with Crippen LogP contribution >= 0.6 is 0 Å². The molecule has 9 heteroatoms. The summed E-state index contributed by atoms with van der Waals surface area (Å²) in [6.45, 7) is 0.304. The number of hydrogen-bond donors (Lipinski definition) is 1. The fourth-order valence-corrected chi connectivity index (χ4v) is 2.78. The summed E-state index contributed by atoms with van der Waals surface area (Å²) in [6.07, 6.45) is -4.90. The molecule has 0 saturated carbocycles. The van der Waals surface area contributed by atoms with E-state index in [0.29, 0.717) is 0 Å². The van der Waals surface area contributed by atoms with Crippen LogP contribution in [0.25, 0.3) is 0 Å². The number of carboxylic acid groups (broad SMARTS) is 1. The SMILES string of the molecule is CC1=C2[C@H]1c1c(C(F)(F)F)nn(CC(=O)O)c1C2(F)F. The van der Waals surface area contributed by atoms with Crippen molar-refractivity contribution < 1.29 is 31.9 Å².